The van der Waals surface area contributed by atoms with Gasteiger partial charge < -0.3 is 18.9 Å². The number of carbonyl (C=O) groups excluding carboxylic acids is 2. The summed E-state index contributed by atoms with van der Waals surface area (Å²) in [6.07, 6.45) is 1.62. The summed E-state index contributed by atoms with van der Waals surface area (Å²) in [6, 6.07) is 15.3. The number of allylic oxidation sites excluding steroid dienone is 1. The Bertz CT molecular complexity index is 1260. The lowest BCUT2D eigenvalue weighted by Crippen LogP contribution is -2.12. The molecular weight excluding hydrogens is 444 g/mol. The first-order valence-corrected chi connectivity index (χ1v) is 10.5. The predicted molar refractivity (Wildman–Crippen MR) is 125 cm³/mol. The molecule has 0 aromatic heterocycles. The van der Waals surface area contributed by atoms with Crippen LogP contribution in [0.25, 0.3) is 6.08 Å². The fourth-order valence-electron chi connectivity index (χ4n) is 3.55. The zero-order chi connectivity index (χ0) is 23.5. The quantitative estimate of drug-likeness (QED) is 0.337. The second-order valence-corrected chi connectivity index (χ2v) is 7.74. The molecule has 0 saturated carbocycles. The summed E-state index contributed by atoms with van der Waals surface area (Å²) in [4.78, 5) is 25.3. The van der Waals surface area contributed by atoms with E-state index in [0.29, 0.717) is 50.3 Å². The van der Waals surface area contributed by atoms with Gasteiger partial charge in [0.1, 0.15) is 11.5 Å². The van der Waals surface area contributed by atoms with Crippen molar-refractivity contribution < 1.29 is 28.5 Å². The summed E-state index contributed by atoms with van der Waals surface area (Å²) in [5.41, 5.74) is 2.21. The Labute approximate surface area is 196 Å². The molecule has 1 heterocycles. The molecule has 168 valence electrons. The average Bonchev–Trinajstić information content (AvgIpc) is 3.14. The molecule has 1 aliphatic rings. The predicted octanol–water partition coefficient (Wildman–Crippen LogP) is 5.54. The number of hydrogen-bond acceptors (Lipinski definition) is 6. The van der Waals surface area contributed by atoms with Crippen molar-refractivity contribution in [1.29, 1.82) is 0 Å². The molecule has 3 aromatic rings. The molecule has 0 radical (unpaired) electrons. The number of benzene rings is 3. The van der Waals surface area contributed by atoms with Gasteiger partial charge in [0.2, 0.25) is 5.78 Å². The minimum atomic E-state index is -0.248. The highest BCUT2D eigenvalue weighted by Gasteiger charge is 2.30. The second kappa shape index (κ2) is 9.38. The van der Waals surface area contributed by atoms with Gasteiger partial charge in [0.15, 0.2) is 29.6 Å². The molecule has 7 heteroatoms. The van der Waals surface area contributed by atoms with Gasteiger partial charge in [-0.3, -0.25) is 9.59 Å². The molecule has 0 unspecified atom stereocenters. The van der Waals surface area contributed by atoms with E-state index in [1.807, 2.05) is 0 Å². The first-order chi connectivity index (χ1) is 15.9. The molecule has 0 aliphatic carbocycles. The fraction of sp³-hybridized carbons (Fsp3) is 0.154. The minimum absolute atomic E-state index is 0.154. The van der Waals surface area contributed by atoms with E-state index in [1.165, 1.54) is 7.11 Å². The van der Waals surface area contributed by atoms with Crippen molar-refractivity contribution in [1.82, 2.24) is 0 Å². The van der Waals surface area contributed by atoms with Crippen LogP contribution in [0.4, 0.5) is 0 Å². The summed E-state index contributed by atoms with van der Waals surface area (Å²) >= 11 is 5.87. The van der Waals surface area contributed by atoms with Crippen molar-refractivity contribution in [3.05, 3.63) is 87.6 Å². The van der Waals surface area contributed by atoms with Crippen LogP contribution in [0.3, 0.4) is 0 Å². The van der Waals surface area contributed by atoms with Gasteiger partial charge >= 0.3 is 0 Å². The zero-order valence-electron chi connectivity index (χ0n) is 18.3. The lowest BCUT2D eigenvalue weighted by Gasteiger charge is -2.11. The molecule has 0 saturated heterocycles. The summed E-state index contributed by atoms with van der Waals surface area (Å²) in [7, 11) is 3.08. The number of carbonyl (C=O) groups is 2. The van der Waals surface area contributed by atoms with E-state index < -0.39 is 0 Å². The Morgan fingerprint density at radius 2 is 1.76 bits per heavy atom. The van der Waals surface area contributed by atoms with E-state index in [0.717, 1.165) is 0 Å². The molecule has 0 N–H and O–H groups in total. The number of hydrogen-bond donors (Lipinski definition) is 0. The van der Waals surface area contributed by atoms with E-state index in [9.17, 15) is 9.59 Å². The molecule has 0 amide bonds. The smallest absolute Gasteiger partial charge is 0.231 e. The van der Waals surface area contributed by atoms with Gasteiger partial charge in [-0.1, -0.05) is 23.7 Å². The molecule has 0 spiro atoms. The minimum Gasteiger partial charge on any atom is -0.493 e. The maximum atomic E-state index is 12.9. The number of rotatable bonds is 7. The van der Waals surface area contributed by atoms with Gasteiger partial charge in [0, 0.05) is 21.7 Å². The lowest BCUT2D eigenvalue weighted by atomic mass is 10.1. The Morgan fingerprint density at radius 1 is 1.00 bits per heavy atom. The molecule has 33 heavy (non-hydrogen) atoms. The number of para-hydroxylation sites is 1. The maximum Gasteiger partial charge on any atom is 0.231 e. The number of ether oxygens (including phenoxy) is 4. The largest absolute Gasteiger partial charge is 0.493 e. The highest BCUT2D eigenvalue weighted by Crippen LogP contribution is 2.40. The van der Waals surface area contributed by atoms with Crippen LogP contribution in [0.5, 0.6) is 23.0 Å². The van der Waals surface area contributed by atoms with Crippen LogP contribution in [-0.2, 0) is 0 Å². The molecule has 0 bridgehead atoms. The van der Waals surface area contributed by atoms with Crippen molar-refractivity contribution in [2.24, 2.45) is 0 Å². The normalized spacial score (nSPS) is 13.5. The van der Waals surface area contributed by atoms with Crippen LogP contribution in [0.2, 0.25) is 5.02 Å². The van der Waals surface area contributed by atoms with Gasteiger partial charge in [-0.05, 0) is 55.5 Å². The van der Waals surface area contributed by atoms with Crippen LogP contribution >= 0.6 is 11.6 Å². The summed E-state index contributed by atoms with van der Waals surface area (Å²) in [5, 5.41) is 0.555. The van der Waals surface area contributed by atoms with Gasteiger partial charge in [-0.2, -0.15) is 0 Å². The SMILES string of the molecule is COc1cccc(/C=C2\Oc3c(ccc(OCC(=O)c4ccc(Cl)cc4)c3C)C2=O)c1OC. The summed E-state index contributed by atoms with van der Waals surface area (Å²) in [6.45, 7) is 1.63. The molecule has 0 fully saturated rings. The van der Waals surface area contributed by atoms with Crippen LogP contribution in [0.15, 0.2) is 60.4 Å². The van der Waals surface area contributed by atoms with Crippen LogP contribution in [0, 0.1) is 6.92 Å². The topological polar surface area (TPSA) is 71.1 Å². The molecule has 0 atom stereocenters. The van der Waals surface area contributed by atoms with Crippen LogP contribution in [0.1, 0.15) is 31.8 Å². The van der Waals surface area contributed by atoms with Crippen molar-refractivity contribution in [2.45, 2.75) is 6.92 Å². The van der Waals surface area contributed by atoms with E-state index in [-0.39, 0.29) is 23.9 Å². The molecule has 4 rings (SSSR count). The third-order valence-corrected chi connectivity index (χ3v) is 5.53. The lowest BCUT2D eigenvalue weighted by molar-refractivity contribution is 0.0920. The highest BCUT2D eigenvalue weighted by atomic mass is 35.5. The Balaban J connectivity index is 1.56. The maximum absolute atomic E-state index is 12.9. The average molecular weight is 465 g/mol. The number of halogens is 1. The zero-order valence-corrected chi connectivity index (χ0v) is 19.1. The summed E-state index contributed by atoms with van der Waals surface area (Å²) < 4.78 is 22.4. The third-order valence-electron chi connectivity index (χ3n) is 5.28. The Morgan fingerprint density at radius 3 is 2.45 bits per heavy atom. The standard InChI is InChI=1S/C26H21ClO6/c1-15-21(32-14-20(28)16-7-9-18(27)10-8-16)12-11-19-24(29)23(33-25(15)19)13-17-5-4-6-22(30-2)26(17)31-3/h4-13H,14H2,1-3H3/b23-13-. The first-order valence-electron chi connectivity index (χ1n) is 10.1. The number of Topliss-reactive ketones (excluding diaryl/α,β-unsaturated/α-hetero) is 2. The Kier molecular flexibility index (Phi) is 6.38. The van der Waals surface area contributed by atoms with Gasteiger partial charge in [0.25, 0.3) is 0 Å². The van der Waals surface area contributed by atoms with E-state index in [4.69, 9.17) is 30.5 Å². The van der Waals surface area contributed by atoms with Gasteiger partial charge in [-0.15, -0.1) is 0 Å². The monoisotopic (exact) mass is 464 g/mol. The number of methoxy groups -OCH3 is 2. The van der Waals surface area contributed by atoms with E-state index >= 15 is 0 Å². The van der Waals surface area contributed by atoms with Gasteiger partial charge in [0.05, 0.1) is 19.8 Å². The van der Waals surface area contributed by atoms with Crippen molar-refractivity contribution in [3.8, 4) is 23.0 Å². The molecule has 3 aromatic carbocycles. The van der Waals surface area contributed by atoms with Crippen molar-refractivity contribution >= 4 is 29.2 Å². The molecule has 6 nitrogen and oxygen atoms in total. The first kappa shape index (κ1) is 22.4. The Hall–Kier alpha value is -3.77. The third kappa shape index (κ3) is 4.43. The molecular formula is C26H21ClO6. The highest BCUT2D eigenvalue weighted by molar-refractivity contribution is 6.30. The van der Waals surface area contributed by atoms with Crippen molar-refractivity contribution in [3.63, 3.8) is 0 Å². The van der Waals surface area contributed by atoms with Crippen LogP contribution < -0.4 is 18.9 Å². The molecule has 1 aliphatic heterocycles. The second-order valence-electron chi connectivity index (χ2n) is 7.31. The fourth-order valence-corrected chi connectivity index (χ4v) is 3.68. The van der Waals surface area contributed by atoms with Crippen molar-refractivity contribution in [2.75, 3.05) is 20.8 Å². The van der Waals surface area contributed by atoms with E-state index in [2.05, 4.69) is 0 Å². The summed E-state index contributed by atoms with van der Waals surface area (Å²) in [5.74, 6) is 1.65. The number of fused-ring (bicyclic) bond motifs is 1. The van der Waals surface area contributed by atoms with E-state index in [1.54, 1.807) is 74.7 Å². The number of ketones is 2. The van der Waals surface area contributed by atoms with Gasteiger partial charge in [-0.25, -0.2) is 0 Å². The van der Waals surface area contributed by atoms with Crippen LogP contribution in [-0.4, -0.2) is 32.4 Å².